The van der Waals surface area contributed by atoms with Gasteiger partial charge >= 0.3 is 5.51 Å². The lowest BCUT2D eigenvalue weighted by Gasteiger charge is -2.30. The van der Waals surface area contributed by atoms with E-state index >= 15 is 0 Å². The number of piperidine rings is 1. The fourth-order valence-electron chi connectivity index (χ4n) is 1.85. The topological polar surface area (TPSA) is 20.3 Å². The van der Waals surface area contributed by atoms with E-state index in [1.54, 1.807) is 6.92 Å². The normalized spacial score (nSPS) is 20.0. The number of hydrogen-bond acceptors (Lipinski definition) is 3. The summed E-state index contributed by atoms with van der Waals surface area (Å²) in [4.78, 5) is 13.1. The molecule has 1 aliphatic heterocycles. The van der Waals surface area contributed by atoms with Crippen LogP contribution in [0.1, 0.15) is 19.8 Å². The third-order valence-electron chi connectivity index (χ3n) is 2.84. The highest BCUT2D eigenvalue weighted by molar-refractivity contribution is 8.00. The van der Waals surface area contributed by atoms with Crippen LogP contribution in [-0.2, 0) is 4.79 Å². The second-order valence-electron chi connectivity index (χ2n) is 4.02. The Bertz CT molecular complexity index is 237. The third-order valence-corrected chi connectivity index (χ3v) is 3.55. The van der Waals surface area contributed by atoms with Crippen molar-refractivity contribution in [2.75, 3.05) is 25.4 Å². The second kappa shape index (κ2) is 5.91. The first-order chi connectivity index (χ1) is 7.38. The van der Waals surface area contributed by atoms with Gasteiger partial charge in [0.15, 0.2) is 0 Å². The molecule has 6 heteroatoms. The number of likely N-dealkylation sites (tertiary alicyclic amines) is 1. The van der Waals surface area contributed by atoms with Crippen LogP contribution >= 0.6 is 11.8 Å². The van der Waals surface area contributed by atoms with E-state index in [9.17, 15) is 18.0 Å². The molecule has 0 unspecified atom stereocenters. The van der Waals surface area contributed by atoms with Gasteiger partial charge in [-0.05, 0) is 44.6 Å². The molecule has 0 aromatic heterocycles. The zero-order chi connectivity index (χ0) is 12.2. The van der Waals surface area contributed by atoms with Gasteiger partial charge < -0.3 is 4.90 Å². The van der Waals surface area contributed by atoms with Gasteiger partial charge in [0.05, 0.1) is 0 Å². The monoisotopic (exact) mass is 255 g/mol. The summed E-state index contributed by atoms with van der Waals surface area (Å²) in [7, 11) is 0. The zero-order valence-corrected chi connectivity index (χ0v) is 10.0. The molecule has 0 amide bonds. The highest BCUT2D eigenvalue weighted by Gasteiger charge is 2.28. The molecule has 1 heterocycles. The number of alkyl halides is 3. The van der Waals surface area contributed by atoms with Gasteiger partial charge in [-0.15, -0.1) is 0 Å². The minimum Gasteiger partial charge on any atom is -0.302 e. The maximum Gasteiger partial charge on any atom is 0.441 e. The average Bonchev–Trinajstić information content (AvgIpc) is 2.16. The summed E-state index contributed by atoms with van der Waals surface area (Å²) < 4.78 is 35.6. The van der Waals surface area contributed by atoms with Crippen LogP contribution in [0.25, 0.3) is 0 Å². The molecule has 0 spiro atoms. The quantitative estimate of drug-likeness (QED) is 0.770. The van der Waals surface area contributed by atoms with Gasteiger partial charge in [-0.1, -0.05) is 0 Å². The van der Waals surface area contributed by atoms with E-state index in [0.29, 0.717) is 6.54 Å². The smallest absolute Gasteiger partial charge is 0.302 e. The summed E-state index contributed by atoms with van der Waals surface area (Å²) in [6, 6.07) is 0. The van der Waals surface area contributed by atoms with Crippen molar-refractivity contribution in [3.63, 3.8) is 0 Å². The Balaban J connectivity index is 2.15. The van der Waals surface area contributed by atoms with Crippen LogP contribution in [0.5, 0.6) is 0 Å². The molecule has 0 radical (unpaired) electrons. The summed E-state index contributed by atoms with van der Waals surface area (Å²) in [5, 5.41) is 0. The van der Waals surface area contributed by atoms with E-state index in [4.69, 9.17) is 0 Å². The molecule has 0 bridgehead atoms. The Kier molecular flexibility index (Phi) is 5.11. The Morgan fingerprint density at radius 3 is 2.38 bits per heavy atom. The SMILES string of the molecule is CC(=O)C1CCN(CCSC(F)(F)F)CC1. The minimum absolute atomic E-state index is 0.0257. The van der Waals surface area contributed by atoms with E-state index in [0.717, 1.165) is 25.9 Å². The maximum atomic E-state index is 11.9. The van der Waals surface area contributed by atoms with Gasteiger partial charge in [0.1, 0.15) is 5.78 Å². The number of carbonyl (C=O) groups excluding carboxylic acids is 1. The van der Waals surface area contributed by atoms with Crippen molar-refractivity contribution in [2.24, 2.45) is 5.92 Å². The fourth-order valence-corrected chi connectivity index (χ4v) is 2.43. The van der Waals surface area contributed by atoms with Crippen LogP contribution in [0, 0.1) is 5.92 Å². The number of hydrogen-bond donors (Lipinski definition) is 0. The van der Waals surface area contributed by atoms with Crippen LogP contribution in [0.3, 0.4) is 0 Å². The van der Waals surface area contributed by atoms with Crippen molar-refractivity contribution in [3.05, 3.63) is 0 Å². The molecule has 1 aliphatic rings. The standard InChI is InChI=1S/C10H16F3NOS/c1-8(15)9-2-4-14(5-3-9)6-7-16-10(11,12)13/h9H,2-7H2,1H3. The number of carbonyl (C=O) groups is 1. The molecule has 1 saturated heterocycles. The van der Waals surface area contributed by atoms with Gasteiger partial charge in [-0.3, -0.25) is 4.79 Å². The van der Waals surface area contributed by atoms with Crippen LogP contribution in [0.2, 0.25) is 0 Å². The second-order valence-corrected chi connectivity index (χ2v) is 5.18. The molecule has 1 rings (SSSR count). The Labute approximate surface area is 97.6 Å². The fraction of sp³-hybridized carbons (Fsp3) is 0.900. The van der Waals surface area contributed by atoms with Crippen LogP contribution in [-0.4, -0.2) is 41.6 Å². The van der Waals surface area contributed by atoms with Gasteiger partial charge in [-0.25, -0.2) is 0 Å². The Morgan fingerprint density at radius 2 is 1.94 bits per heavy atom. The largest absolute Gasteiger partial charge is 0.441 e. The van der Waals surface area contributed by atoms with Gasteiger partial charge in [-0.2, -0.15) is 13.2 Å². The van der Waals surface area contributed by atoms with Gasteiger partial charge in [0.2, 0.25) is 0 Å². The summed E-state index contributed by atoms with van der Waals surface area (Å²) in [5.41, 5.74) is -4.13. The van der Waals surface area contributed by atoms with Gasteiger partial charge in [0.25, 0.3) is 0 Å². The lowest BCUT2D eigenvalue weighted by atomic mass is 9.93. The van der Waals surface area contributed by atoms with Crippen molar-refractivity contribution >= 4 is 17.5 Å². The third kappa shape index (κ3) is 5.21. The van der Waals surface area contributed by atoms with Crippen molar-refractivity contribution in [2.45, 2.75) is 25.3 Å². The molecule has 2 nitrogen and oxygen atoms in total. The number of Topliss-reactive ketones (excluding diaryl/α,β-unsaturated/α-hetero) is 1. The van der Waals surface area contributed by atoms with Crippen LogP contribution in [0.4, 0.5) is 13.2 Å². The number of nitrogens with zero attached hydrogens (tertiary/aromatic N) is 1. The molecule has 0 aromatic rings. The average molecular weight is 255 g/mol. The minimum atomic E-state index is -4.13. The van der Waals surface area contributed by atoms with Crippen molar-refractivity contribution in [1.82, 2.24) is 4.90 Å². The summed E-state index contributed by atoms with van der Waals surface area (Å²) in [6.07, 6.45) is 1.57. The highest BCUT2D eigenvalue weighted by Crippen LogP contribution is 2.30. The number of halogens is 3. The van der Waals surface area contributed by atoms with Crippen molar-refractivity contribution in [1.29, 1.82) is 0 Å². The van der Waals surface area contributed by atoms with E-state index in [-0.39, 0.29) is 29.2 Å². The molecule has 1 fully saturated rings. The molecule has 94 valence electrons. The molecule has 0 aromatic carbocycles. The van der Waals surface area contributed by atoms with Crippen molar-refractivity contribution in [3.8, 4) is 0 Å². The molecular weight excluding hydrogens is 239 g/mol. The molecular formula is C10H16F3NOS. The van der Waals surface area contributed by atoms with Crippen LogP contribution in [0.15, 0.2) is 0 Å². The number of rotatable bonds is 4. The lowest BCUT2D eigenvalue weighted by Crippen LogP contribution is -2.37. The van der Waals surface area contributed by atoms with E-state index in [1.807, 2.05) is 4.90 Å². The molecule has 0 saturated carbocycles. The predicted octanol–water partition coefficient (Wildman–Crippen LogP) is 2.54. The first-order valence-corrected chi connectivity index (χ1v) is 6.30. The lowest BCUT2D eigenvalue weighted by molar-refractivity contribution is -0.122. The predicted molar refractivity (Wildman–Crippen MR) is 58.4 cm³/mol. The summed E-state index contributed by atoms with van der Waals surface area (Å²) in [5.74, 6) is 0.393. The van der Waals surface area contributed by atoms with E-state index < -0.39 is 5.51 Å². The first-order valence-electron chi connectivity index (χ1n) is 5.32. The maximum absolute atomic E-state index is 11.9. The van der Waals surface area contributed by atoms with E-state index in [1.165, 1.54) is 0 Å². The zero-order valence-electron chi connectivity index (χ0n) is 9.22. The molecule has 0 N–H and O–H groups in total. The molecule has 0 aliphatic carbocycles. The molecule has 0 atom stereocenters. The Hall–Kier alpha value is -0.230. The van der Waals surface area contributed by atoms with Crippen molar-refractivity contribution < 1.29 is 18.0 Å². The number of thioether (sulfide) groups is 1. The highest BCUT2D eigenvalue weighted by atomic mass is 32.2. The molecule has 16 heavy (non-hydrogen) atoms. The first kappa shape index (κ1) is 13.8. The Morgan fingerprint density at radius 1 is 1.38 bits per heavy atom. The van der Waals surface area contributed by atoms with Gasteiger partial charge in [0, 0.05) is 18.2 Å². The van der Waals surface area contributed by atoms with E-state index in [2.05, 4.69) is 0 Å². The van der Waals surface area contributed by atoms with Crippen LogP contribution < -0.4 is 0 Å². The summed E-state index contributed by atoms with van der Waals surface area (Å²) >= 11 is 0.0257. The number of ketones is 1. The summed E-state index contributed by atoms with van der Waals surface area (Å²) in [6.45, 7) is 3.51.